The number of nitrogen functional groups attached to an aromatic ring is 2. The molecule has 9 nitrogen and oxygen atoms in total. The molecule has 42 heavy (non-hydrogen) atoms. The van der Waals surface area contributed by atoms with E-state index in [1.54, 1.807) is 18.9 Å². The monoisotopic (exact) mass is 679 g/mol. The Kier molecular flexibility index (Phi) is 15.8. The second-order valence-corrected chi connectivity index (χ2v) is 10.2. The highest BCUT2D eigenvalue weighted by Gasteiger charge is 2.19. The molecule has 0 aliphatic rings. The van der Waals surface area contributed by atoms with Gasteiger partial charge in [0.2, 0.25) is 5.91 Å². The Morgan fingerprint density at radius 2 is 1.48 bits per heavy atom. The van der Waals surface area contributed by atoms with Gasteiger partial charge in [-0.1, -0.05) is 78.5 Å². The molecule has 0 saturated heterocycles. The second-order valence-electron chi connectivity index (χ2n) is 8.29. The third kappa shape index (κ3) is 10.1. The van der Waals surface area contributed by atoms with Crippen LogP contribution < -0.4 is 16.4 Å². The number of anilines is 3. The molecular formula is C28H30Cl5N3O6. The van der Waals surface area contributed by atoms with Gasteiger partial charge < -0.3 is 26.4 Å². The minimum atomic E-state index is -1.14. The van der Waals surface area contributed by atoms with E-state index >= 15 is 0 Å². The molecule has 3 aromatic carbocycles. The summed E-state index contributed by atoms with van der Waals surface area (Å²) in [5.74, 6) is -2.44. The van der Waals surface area contributed by atoms with Crippen LogP contribution >= 0.6 is 58.0 Å². The number of halogens is 5. The number of benzene rings is 3. The quantitative estimate of drug-likeness (QED) is 0.108. The van der Waals surface area contributed by atoms with E-state index in [9.17, 15) is 14.4 Å². The molecule has 3 aromatic rings. The molecule has 0 saturated carbocycles. The molecule has 0 aliphatic heterocycles. The molecule has 0 bridgehead atoms. The van der Waals surface area contributed by atoms with Crippen LogP contribution in [0.4, 0.5) is 17.1 Å². The van der Waals surface area contributed by atoms with Crippen molar-refractivity contribution in [3.63, 3.8) is 0 Å². The molecule has 0 fully saturated rings. The molecule has 14 heteroatoms. The van der Waals surface area contributed by atoms with Crippen molar-refractivity contribution in [1.29, 1.82) is 0 Å². The fraction of sp³-hybridized carbons (Fsp3) is 0.250. The predicted octanol–water partition coefficient (Wildman–Crippen LogP) is 7.53. The lowest BCUT2D eigenvalue weighted by atomic mass is 10.0. The molecule has 0 aromatic heterocycles. The fourth-order valence-corrected chi connectivity index (χ4v) is 4.72. The molecule has 6 N–H and O–H groups in total. The van der Waals surface area contributed by atoms with Crippen LogP contribution in [0.15, 0.2) is 42.5 Å². The number of hydrogen-bond donors (Lipinski definition) is 4. The van der Waals surface area contributed by atoms with Crippen LogP contribution in [0, 0.1) is 0 Å². The van der Waals surface area contributed by atoms with Gasteiger partial charge >= 0.3 is 11.9 Å². The van der Waals surface area contributed by atoms with E-state index in [1.165, 1.54) is 18.2 Å². The minimum absolute atomic E-state index is 0.000772. The van der Waals surface area contributed by atoms with Crippen molar-refractivity contribution in [2.75, 3.05) is 36.1 Å². The third-order valence-electron chi connectivity index (χ3n) is 5.55. The number of carboxylic acids is 2. The maximum Gasteiger partial charge on any atom is 0.337 e. The third-order valence-corrected chi connectivity index (χ3v) is 7.16. The number of hydrogen-bond acceptors (Lipinski definition) is 6. The van der Waals surface area contributed by atoms with Crippen molar-refractivity contribution >= 4 is 92.9 Å². The number of aromatic carboxylic acids is 2. The summed E-state index contributed by atoms with van der Waals surface area (Å²) in [6, 6.07) is 11.9. The first-order chi connectivity index (χ1) is 19.7. The maximum absolute atomic E-state index is 11.7. The zero-order chi connectivity index (χ0) is 32.1. The minimum Gasteiger partial charge on any atom is -0.478 e. The summed E-state index contributed by atoms with van der Waals surface area (Å²) in [4.78, 5) is 34.7. The Morgan fingerprint density at radius 3 is 1.98 bits per heavy atom. The Balaban J connectivity index is 0.000000318. The number of carbonyl (C=O) groups excluding carboxylic acids is 1. The van der Waals surface area contributed by atoms with Crippen molar-refractivity contribution in [2.24, 2.45) is 0 Å². The molecule has 0 spiro atoms. The smallest absolute Gasteiger partial charge is 0.337 e. The Bertz CT molecular complexity index is 1420. The highest BCUT2D eigenvalue weighted by atomic mass is 35.5. The zero-order valence-electron chi connectivity index (χ0n) is 22.9. The van der Waals surface area contributed by atoms with Gasteiger partial charge in [-0.15, -0.1) is 11.6 Å². The van der Waals surface area contributed by atoms with Crippen LogP contribution in [-0.4, -0.2) is 47.8 Å². The molecule has 0 radical (unpaired) electrons. The highest BCUT2D eigenvalue weighted by molar-refractivity contribution is 6.39. The summed E-state index contributed by atoms with van der Waals surface area (Å²) < 4.78 is 5.03. The molecule has 3 rings (SSSR count). The maximum atomic E-state index is 11.7. The number of ether oxygens (including phenoxy) is 1. The number of amides is 1. The van der Waals surface area contributed by atoms with Crippen molar-refractivity contribution < 1.29 is 29.3 Å². The average Bonchev–Trinajstić information content (AvgIpc) is 2.95. The summed E-state index contributed by atoms with van der Waals surface area (Å²) in [5, 5.41) is 18.2. The number of rotatable bonds is 8. The lowest BCUT2D eigenvalue weighted by molar-refractivity contribution is -0.117. The van der Waals surface area contributed by atoms with E-state index in [1.807, 2.05) is 24.3 Å². The predicted molar refractivity (Wildman–Crippen MR) is 171 cm³/mol. The van der Waals surface area contributed by atoms with Gasteiger partial charge in [0, 0.05) is 22.8 Å². The van der Waals surface area contributed by atoms with Crippen molar-refractivity contribution in [2.45, 2.75) is 26.7 Å². The van der Waals surface area contributed by atoms with Gasteiger partial charge in [-0.05, 0) is 48.2 Å². The summed E-state index contributed by atoms with van der Waals surface area (Å²) >= 11 is 28.4. The van der Waals surface area contributed by atoms with E-state index < -0.39 is 11.9 Å². The van der Waals surface area contributed by atoms with Gasteiger partial charge in [0.05, 0.1) is 32.5 Å². The van der Waals surface area contributed by atoms with Gasteiger partial charge in [0.15, 0.2) is 0 Å². The van der Waals surface area contributed by atoms with E-state index in [4.69, 9.17) is 84.4 Å². The van der Waals surface area contributed by atoms with Gasteiger partial charge in [-0.2, -0.15) is 0 Å². The van der Waals surface area contributed by atoms with Crippen LogP contribution in [0.2, 0.25) is 20.1 Å². The average molecular weight is 682 g/mol. The van der Waals surface area contributed by atoms with E-state index in [0.717, 1.165) is 17.7 Å². The summed E-state index contributed by atoms with van der Waals surface area (Å²) in [6.07, 6.45) is 1.37. The van der Waals surface area contributed by atoms with Crippen LogP contribution in [0.1, 0.15) is 45.7 Å². The van der Waals surface area contributed by atoms with Crippen LogP contribution in [0.5, 0.6) is 0 Å². The second kappa shape index (κ2) is 17.9. The van der Waals surface area contributed by atoms with E-state index in [-0.39, 0.29) is 56.1 Å². The topological polar surface area (TPSA) is 156 Å². The van der Waals surface area contributed by atoms with Crippen LogP contribution in [0.3, 0.4) is 0 Å². The SMILES string of the molecule is CCc1c(Cl)cc(N)c(Cl)c1C(=O)O.CCc1ccccc1N(COC)C(=O)CCl.Nc1cc(Cl)cc(C(=O)O)c1Cl. The highest BCUT2D eigenvalue weighted by Crippen LogP contribution is 2.33. The lowest BCUT2D eigenvalue weighted by Gasteiger charge is -2.23. The molecule has 0 aliphatic carbocycles. The summed E-state index contributed by atoms with van der Waals surface area (Å²) in [5.41, 5.74) is 13.6. The number of nitrogens with two attached hydrogens (primary N) is 2. The molecule has 0 atom stereocenters. The van der Waals surface area contributed by atoms with Crippen molar-refractivity contribution in [3.8, 4) is 0 Å². The van der Waals surface area contributed by atoms with Crippen LogP contribution in [-0.2, 0) is 22.4 Å². The Hall–Kier alpha value is -2.92. The van der Waals surface area contributed by atoms with Crippen molar-refractivity contribution in [1.82, 2.24) is 0 Å². The standard InChI is InChI=1S/C12H16ClNO2.C9H9Cl2NO2.C7H5Cl2NO2/c1-3-10-6-4-5-7-11(10)14(9-16-2)12(15)8-13;1-2-4-5(10)3-6(12)8(11)7(4)9(13)14;8-3-1-4(7(11)12)6(9)5(10)2-3/h4-7H,3,8-9H2,1-2H3;3H,2,12H2,1H3,(H,13,14);1-2H,10H2,(H,11,12). The first-order valence-electron chi connectivity index (χ1n) is 12.2. The molecular weight excluding hydrogens is 652 g/mol. The van der Waals surface area contributed by atoms with E-state index in [2.05, 4.69) is 6.92 Å². The Labute approximate surface area is 268 Å². The summed E-state index contributed by atoms with van der Waals surface area (Å²) in [7, 11) is 1.56. The number of aryl methyl sites for hydroxylation is 1. The van der Waals surface area contributed by atoms with Gasteiger partial charge in [0.25, 0.3) is 0 Å². The lowest BCUT2D eigenvalue weighted by Crippen LogP contribution is -2.34. The molecule has 1 amide bonds. The number of alkyl halides is 1. The zero-order valence-corrected chi connectivity index (χ0v) is 26.7. The summed E-state index contributed by atoms with van der Waals surface area (Å²) in [6.45, 7) is 4.08. The molecule has 0 heterocycles. The first kappa shape index (κ1) is 37.1. The van der Waals surface area contributed by atoms with Gasteiger partial charge in [-0.25, -0.2) is 9.59 Å². The van der Waals surface area contributed by atoms with Gasteiger partial charge in [0.1, 0.15) is 12.6 Å². The van der Waals surface area contributed by atoms with Gasteiger partial charge in [-0.3, -0.25) is 9.69 Å². The Morgan fingerprint density at radius 1 is 0.881 bits per heavy atom. The fourth-order valence-electron chi connectivity index (χ4n) is 3.57. The number of carboxylic acid groups (broad SMARTS) is 2. The largest absolute Gasteiger partial charge is 0.478 e. The van der Waals surface area contributed by atoms with E-state index in [0.29, 0.717) is 17.0 Å². The molecule has 228 valence electrons. The van der Waals surface area contributed by atoms with Crippen LogP contribution in [0.25, 0.3) is 0 Å². The first-order valence-corrected chi connectivity index (χ1v) is 14.2. The number of methoxy groups -OCH3 is 1. The molecule has 0 unspecified atom stereocenters. The number of nitrogens with zero attached hydrogens (tertiary/aromatic N) is 1. The van der Waals surface area contributed by atoms with Crippen molar-refractivity contribution in [3.05, 3.63) is 84.8 Å². The normalized spacial score (nSPS) is 10.1. The number of carbonyl (C=O) groups is 3. The number of para-hydroxylation sites is 1.